The fourth-order valence-electron chi connectivity index (χ4n) is 2.87. The molecule has 1 saturated carbocycles. The minimum absolute atomic E-state index is 0.170. The Morgan fingerprint density at radius 3 is 2.59 bits per heavy atom. The first kappa shape index (κ1) is 10.7. The molecular formula is C13H13F2NO. The van der Waals surface area contributed by atoms with Crippen molar-refractivity contribution in [2.75, 3.05) is 0 Å². The maximum Gasteiger partial charge on any atom is 0.261 e. The van der Waals surface area contributed by atoms with Crippen molar-refractivity contribution in [2.24, 2.45) is 5.92 Å². The van der Waals surface area contributed by atoms with Crippen LogP contribution in [0.1, 0.15) is 18.4 Å². The van der Waals surface area contributed by atoms with Gasteiger partial charge in [-0.2, -0.15) is 0 Å². The van der Waals surface area contributed by atoms with Crippen LogP contribution in [0.4, 0.5) is 8.78 Å². The predicted octanol–water partition coefficient (Wildman–Crippen LogP) is 2.44. The second-order valence-corrected chi connectivity index (χ2v) is 4.86. The first-order chi connectivity index (χ1) is 8.08. The van der Waals surface area contributed by atoms with Crippen LogP contribution in [0, 0.1) is 5.92 Å². The molecule has 90 valence electrons. The summed E-state index contributed by atoms with van der Waals surface area (Å²) < 4.78 is 26.7. The number of piperidine rings is 1. The zero-order valence-electron chi connectivity index (χ0n) is 9.27. The Morgan fingerprint density at radius 2 is 2.00 bits per heavy atom. The Kier molecular flexibility index (Phi) is 2.21. The Morgan fingerprint density at radius 1 is 1.29 bits per heavy atom. The summed E-state index contributed by atoms with van der Waals surface area (Å²) >= 11 is 0. The van der Waals surface area contributed by atoms with Gasteiger partial charge in [0.25, 0.3) is 5.92 Å². The Balaban J connectivity index is 1.78. The van der Waals surface area contributed by atoms with Gasteiger partial charge in [-0.1, -0.05) is 30.3 Å². The van der Waals surface area contributed by atoms with Gasteiger partial charge in [0.05, 0.1) is 0 Å². The minimum Gasteiger partial charge on any atom is -0.335 e. The average molecular weight is 237 g/mol. The lowest BCUT2D eigenvalue weighted by Gasteiger charge is -2.31. The summed E-state index contributed by atoms with van der Waals surface area (Å²) in [7, 11) is 0. The molecule has 0 radical (unpaired) electrons. The fourth-order valence-corrected chi connectivity index (χ4v) is 2.87. The topological polar surface area (TPSA) is 20.3 Å². The number of halogens is 2. The first-order valence-corrected chi connectivity index (χ1v) is 5.80. The Labute approximate surface area is 98.2 Å². The second-order valence-electron chi connectivity index (χ2n) is 4.86. The van der Waals surface area contributed by atoms with Crippen LogP contribution in [0.3, 0.4) is 0 Å². The highest BCUT2D eigenvalue weighted by molar-refractivity contribution is 5.83. The average Bonchev–Trinajstić information content (AvgIpc) is 2.76. The van der Waals surface area contributed by atoms with Gasteiger partial charge in [-0.3, -0.25) is 4.79 Å². The molecule has 2 nitrogen and oxygen atoms in total. The molecular weight excluding hydrogens is 224 g/mol. The SMILES string of the molecule is O=C1C2CC(CC2(F)F)N1Cc1ccccc1. The van der Waals surface area contributed by atoms with Gasteiger partial charge in [0.1, 0.15) is 5.92 Å². The van der Waals surface area contributed by atoms with Gasteiger partial charge < -0.3 is 4.90 Å². The van der Waals surface area contributed by atoms with Crippen molar-refractivity contribution in [3.8, 4) is 0 Å². The third-order valence-electron chi connectivity index (χ3n) is 3.74. The minimum atomic E-state index is -2.78. The molecule has 1 saturated heterocycles. The number of alkyl halides is 2. The van der Waals surface area contributed by atoms with Crippen molar-refractivity contribution in [3.05, 3.63) is 35.9 Å². The van der Waals surface area contributed by atoms with Gasteiger partial charge in [0.2, 0.25) is 5.91 Å². The summed E-state index contributed by atoms with van der Waals surface area (Å²) in [5.41, 5.74) is 0.997. The summed E-state index contributed by atoms with van der Waals surface area (Å²) in [6.45, 7) is 0.455. The highest BCUT2D eigenvalue weighted by Crippen LogP contribution is 2.49. The van der Waals surface area contributed by atoms with E-state index in [1.165, 1.54) is 0 Å². The number of carbonyl (C=O) groups is 1. The molecule has 1 amide bonds. The van der Waals surface area contributed by atoms with E-state index >= 15 is 0 Å². The molecule has 4 heteroatoms. The monoisotopic (exact) mass is 237 g/mol. The third kappa shape index (κ3) is 1.63. The third-order valence-corrected chi connectivity index (χ3v) is 3.74. The lowest BCUT2D eigenvalue weighted by atomic mass is 10.0. The van der Waals surface area contributed by atoms with Crippen LogP contribution in [-0.4, -0.2) is 22.8 Å². The normalized spacial score (nSPS) is 30.0. The second kappa shape index (κ2) is 3.52. The van der Waals surface area contributed by atoms with Crippen molar-refractivity contribution in [3.63, 3.8) is 0 Å². The van der Waals surface area contributed by atoms with Crippen LogP contribution in [0.25, 0.3) is 0 Å². The number of hydrogen-bond donors (Lipinski definition) is 0. The zero-order valence-corrected chi connectivity index (χ0v) is 9.27. The first-order valence-electron chi connectivity index (χ1n) is 5.80. The van der Waals surface area contributed by atoms with Crippen LogP contribution in [0.5, 0.6) is 0 Å². The fraction of sp³-hybridized carbons (Fsp3) is 0.462. The van der Waals surface area contributed by atoms with Crippen molar-refractivity contribution in [2.45, 2.75) is 31.4 Å². The van der Waals surface area contributed by atoms with Gasteiger partial charge in [-0.15, -0.1) is 0 Å². The molecule has 2 aliphatic rings. The molecule has 17 heavy (non-hydrogen) atoms. The number of nitrogens with zero attached hydrogens (tertiary/aromatic N) is 1. The zero-order chi connectivity index (χ0) is 12.0. The predicted molar refractivity (Wildman–Crippen MR) is 58.5 cm³/mol. The molecule has 2 bridgehead atoms. The number of fused-ring (bicyclic) bond motifs is 2. The van der Waals surface area contributed by atoms with E-state index in [9.17, 15) is 13.6 Å². The van der Waals surface area contributed by atoms with Crippen molar-refractivity contribution >= 4 is 5.91 Å². The molecule has 1 aromatic carbocycles. The smallest absolute Gasteiger partial charge is 0.261 e. The summed E-state index contributed by atoms with van der Waals surface area (Å²) in [5.74, 6) is -4.24. The standard InChI is InChI=1S/C13H13F2NO/c14-13(15)7-10-6-11(13)12(17)16(10)8-9-4-2-1-3-5-9/h1-5,10-11H,6-8H2. The maximum absolute atomic E-state index is 13.4. The lowest BCUT2D eigenvalue weighted by Crippen LogP contribution is -2.44. The Hall–Kier alpha value is -1.45. The number of rotatable bonds is 2. The summed E-state index contributed by atoms with van der Waals surface area (Å²) in [6, 6.07) is 9.23. The summed E-state index contributed by atoms with van der Waals surface area (Å²) in [4.78, 5) is 13.4. The molecule has 1 aliphatic carbocycles. The summed E-state index contributed by atoms with van der Waals surface area (Å²) in [6.07, 6.45) is 0.148. The molecule has 1 heterocycles. The van der Waals surface area contributed by atoms with Crippen LogP contribution in [0.2, 0.25) is 0 Å². The highest BCUT2D eigenvalue weighted by atomic mass is 19.3. The summed E-state index contributed by atoms with van der Waals surface area (Å²) in [5, 5.41) is 0. The molecule has 3 rings (SSSR count). The van der Waals surface area contributed by atoms with E-state index in [1.54, 1.807) is 4.90 Å². The molecule has 0 spiro atoms. The highest BCUT2D eigenvalue weighted by Gasteiger charge is 2.60. The van der Waals surface area contributed by atoms with E-state index in [2.05, 4.69) is 0 Å². The lowest BCUT2D eigenvalue weighted by molar-refractivity contribution is -0.151. The molecule has 1 aromatic rings. The molecule has 2 unspecified atom stereocenters. The molecule has 2 fully saturated rings. The van der Waals surface area contributed by atoms with Crippen LogP contribution in [0.15, 0.2) is 30.3 Å². The quantitative estimate of drug-likeness (QED) is 0.773. The number of carbonyl (C=O) groups excluding carboxylic acids is 1. The molecule has 0 aromatic heterocycles. The molecule has 1 aliphatic heterocycles. The van der Waals surface area contributed by atoms with Crippen molar-refractivity contribution in [1.82, 2.24) is 4.90 Å². The number of likely N-dealkylation sites (tertiary alicyclic amines) is 1. The van der Waals surface area contributed by atoms with E-state index in [1.807, 2.05) is 30.3 Å². The largest absolute Gasteiger partial charge is 0.335 e. The van der Waals surface area contributed by atoms with Gasteiger partial charge in [-0.25, -0.2) is 8.78 Å². The molecule has 0 N–H and O–H groups in total. The van der Waals surface area contributed by atoms with E-state index in [4.69, 9.17) is 0 Å². The van der Waals surface area contributed by atoms with Gasteiger partial charge in [-0.05, 0) is 12.0 Å². The van der Waals surface area contributed by atoms with Gasteiger partial charge in [0.15, 0.2) is 0 Å². The number of amides is 1. The number of benzene rings is 1. The van der Waals surface area contributed by atoms with Crippen LogP contribution in [-0.2, 0) is 11.3 Å². The number of hydrogen-bond acceptors (Lipinski definition) is 1. The van der Waals surface area contributed by atoms with Crippen LogP contribution < -0.4 is 0 Å². The Bertz CT molecular complexity index is 446. The van der Waals surface area contributed by atoms with E-state index < -0.39 is 11.8 Å². The molecule has 2 atom stereocenters. The van der Waals surface area contributed by atoms with Gasteiger partial charge in [0, 0.05) is 19.0 Å². The van der Waals surface area contributed by atoms with Crippen molar-refractivity contribution < 1.29 is 13.6 Å². The van der Waals surface area contributed by atoms with Gasteiger partial charge >= 0.3 is 0 Å². The van der Waals surface area contributed by atoms with Crippen molar-refractivity contribution in [1.29, 1.82) is 0 Å². The van der Waals surface area contributed by atoms with Crippen LogP contribution >= 0.6 is 0 Å². The van der Waals surface area contributed by atoms with E-state index in [0.29, 0.717) is 13.0 Å². The maximum atomic E-state index is 13.4. The van der Waals surface area contributed by atoms with E-state index in [0.717, 1.165) is 5.56 Å². The van der Waals surface area contributed by atoms with E-state index in [-0.39, 0.29) is 18.4 Å².